The smallest absolute Gasteiger partial charge is 0.245 e. The summed E-state index contributed by atoms with van der Waals surface area (Å²) in [5.74, 6) is -0.227. The number of carbonyl (C=O) groups excluding carboxylic acids is 3. The molecule has 0 aliphatic carbocycles. The minimum absolute atomic E-state index is 0.146. The SMILES string of the molecule is C=CC(=O)N(C)Cc1cc(C)cc(C)c1C(=O)P(C(=O)c1c(C)cc(C)cc1C)c1ccccc1. The Balaban J connectivity index is 2.20. The Morgan fingerprint density at radius 3 is 1.83 bits per heavy atom. The van der Waals surface area contributed by atoms with Crippen LogP contribution in [0.2, 0.25) is 0 Å². The van der Waals surface area contributed by atoms with Crippen LogP contribution in [-0.2, 0) is 11.3 Å². The van der Waals surface area contributed by atoms with Gasteiger partial charge in [0.25, 0.3) is 0 Å². The maximum absolute atomic E-state index is 14.3. The monoisotopic (exact) mass is 485 g/mol. The van der Waals surface area contributed by atoms with E-state index in [1.807, 2.05) is 89.2 Å². The number of aryl methyl sites for hydroxylation is 5. The van der Waals surface area contributed by atoms with Crippen LogP contribution in [0.1, 0.15) is 54.1 Å². The van der Waals surface area contributed by atoms with E-state index >= 15 is 0 Å². The van der Waals surface area contributed by atoms with Crippen LogP contribution >= 0.6 is 7.92 Å². The lowest BCUT2D eigenvalue weighted by Crippen LogP contribution is -2.26. The Bertz CT molecular complexity index is 1290. The van der Waals surface area contributed by atoms with Gasteiger partial charge in [-0.25, -0.2) is 0 Å². The molecule has 1 atom stereocenters. The maximum atomic E-state index is 14.3. The van der Waals surface area contributed by atoms with Gasteiger partial charge in [-0.1, -0.05) is 72.3 Å². The Morgan fingerprint density at radius 1 is 0.800 bits per heavy atom. The number of amides is 1. The van der Waals surface area contributed by atoms with Crippen molar-refractivity contribution in [3.8, 4) is 0 Å². The van der Waals surface area contributed by atoms with Gasteiger partial charge >= 0.3 is 0 Å². The zero-order valence-corrected chi connectivity index (χ0v) is 22.2. The normalized spacial score (nSPS) is 11.6. The molecule has 0 radical (unpaired) electrons. The first-order valence-corrected chi connectivity index (χ1v) is 12.9. The first-order chi connectivity index (χ1) is 16.5. The number of rotatable bonds is 8. The van der Waals surface area contributed by atoms with Crippen LogP contribution in [0.4, 0.5) is 0 Å². The minimum Gasteiger partial charge on any atom is -0.338 e. The largest absolute Gasteiger partial charge is 0.338 e. The Morgan fingerprint density at radius 2 is 1.29 bits per heavy atom. The number of hydrogen-bond donors (Lipinski definition) is 0. The second kappa shape index (κ2) is 10.9. The summed E-state index contributed by atoms with van der Waals surface area (Å²) in [6.45, 7) is 13.5. The van der Waals surface area contributed by atoms with Crippen molar-refractivity contribution in [1.82, 2.24) is 4.90 Å². The third-order valence-electron chi connectivity index (χ3n) is 6.05. The molecule has 0 saturated carbocycles. The predicted molar refractivity (Wildman–Crippen MR) is 145 cm³/mol. The Kier molecular flexibility index (Phi) is 8.19. The van der Waals surface area contributed by atoms with Crippen LogP contribution in [0.3, 0.4) is 0 Å². The number of hydrogen-bond acceptors (Lipinski definition) is 3. The van der Waals surface area contributed by atoms with E-state index in [2.05, 4.69) is 6.58 Å². The molecule has 0 N–H and O–H groups in total. The molecule has 0 saturated heterocycles. The molecule has 180 valence electrons. The van der Waals surface area contributed by atoms with Crippen molar-refractivity contribution < 1.29 is 14.4 Å². The van der Waals surface area contributed by atoms with Gasteiger partial charge in [0.15, 0.2) is 11.0 Å². The van der Waals surface area contributed by atoms with Gasteiger partial charge in [-0.15, -0.1) is 0 Å². The van der Waals surface area contributed by atoms with Crippen molar-refractivity contribution in [3.05, 3.63) is 112 Å². The summed E-state index contributed by atoms with van der Waals surface area (Å²) in [6.07, 6.45) is 1.26. The number of benzene rings is 3. The van der Waals surface area contributed by atoms with E-state index in [9.17, 15) is 14.4 Å². The molecule has 5 heteroatoms. The van der Waals surface area contributed by atoms with Crippen molar-refractivity contribution in [2.45, 2.75) is 41.2 Å². The summed E-state index contributed by atoms with van der Waals surface area (Å²) in [6, 6.07) is 17.2. The zero-order chi connectivity index (χ0) is 25.9. The molecule has 35 heavy (non-hydrogen) atoms. The van der Waals surface area contributed by atoms with E-state index in [-0.39, 0.29) is 23.5 Å². The summed E-state index contributed by atoms with van der Waals surface area (Å²) in [7, 11) is -0.179. The molecule has 0 spiro atoms. The molecule has 0 aliphatic heterocycles. The maximum Gasteiger partial charge on any atom is 0.245 e. The fourth-order valence-electron chi connectivity index (χ4n) is 4.62. The van der Waals surface area contributed by atoms with Gasteiger partial charge in [0.2, 0.25) is 5.91 Å². The molecule has 0 heterocycles. The fraction of sp³-hybridized carbons (Fsp3) is 0.233. The van der Waals surface area contributed by atoms with Crippen LogP contribution in [0.15, 0.2) is 67.3 Å². The van der Waals surface area contributed by atoms with Gasteiger partial charge in [-0.2, -0.15) is 0 Å². The molecule has 3 aromatic rings. The van der Waals surface area contributed by atoms with Crippen molar-refractivity contribution in [2.24, 2.45) is 0 Å². The fourth-order valence-corrected chi connectivity index (χ4v) is 6.86. The molecule has 4 nitrogen and oxygen atoms in total. The summed E-state index contributed by atoms with van der Waals surface area (Å²) in [4.78, 5) is 42.1. The van der Waals surface area contributed by atoms with E-state index in [0.717, 1.165) is 38.7 Å². The highest BCUT2D eigenvalue weighted by Gasteiger charge is 2.34. The topological polar surface area (TPSA) is 54.5 Å². The molecular formula is C30H32NO3P. The van der Waals surface area contributed by atoms with Gasteiger partial charge in [0.05, 0.1) is 7.92 Å². The Labute approximate surface area is 209 Å². The van der Waals surface area contributed by atoms with Gasteiger partial charge in [-0.05, 0) is 68.3 Å². The van der Waals surface area contributed by atoms with Gasteiger partial charge in [-0.3, -0.25) is 14.4 Å². The van der Waals surface area contributed by atoms with Crippen molar-refractivity contribution >= 4 is 30.2 Å². The molecule has 0 aliphatic rings. The average Bonchev–Trinajstić information content (AvgIpc) is 2.78. The number of likely N-dealkylation sites (N-methyl/N-ethyl adjacent to an activating group) is 1. The standard InChI is InChI=1S/C30H32NO3P/c1-8-26(32)31(7)18-24-17-20(3)16-23(6)28(24)30(34)35(25-12-10-9-11-13-25)29(33)27-21(4)14-19(2)15-22(27)5/h8-17H,1,18H2,2-7H3. The first-order valence-electron chi connectivity index (χ1n) is 11.5. The number of carbonyl (C=O) groups is 3. The molecule has 0 bridgehead atoms. The third-order valence-corrected chi connectivity index (χ3v) is 8.12. The molecule has 1 amide bonds. The molecular weight excluding hydrogens is 453 g/mol. The molecule has 3 aromatic carbocycles. The second-order valence-corrected chi connectivity index (χ2v) is 11.1. The van der Waals surface area contributed by atoms with Gasteiger partial charge < -0.3 is 4.90 Å². The predicted octanol–water partition coefficient (Wildman–Crippen LogP) is 6.16. The van der Waals surface area contributed by atoms with E-state index < -0.39 is 7.92 Å². The quantitative estimate of drug-likeness (QED) is 0.284. The van der Waals surface area contributed by atoms with E-state index in [4.69, 9.17) is 0 Å². The van der Waals surface area contributed by atoms with E-state index in [1.165, 1.54) is 11.0 Å². The van der Waals surface area contributed by atoms with Crippen LogP contribution in [0.25, 0.3) is 0 Å². The average molecular weight is 486 g/mol. The zero-order valence-electron chi connectivity index (χ0n) is 21.3. The van der Waals surface area contributed by atoms with Crippen LogP contribution < -0.4 is 5.30 Å². The lowest BCUT2D eigenvalue weighted by atomic mass is 9.99. The summed E-state index contributed by atoms with van der Waals surface area (Å²) >= 11 is 0. The highest BCUT2D eigenvalue weighted by Crippen LogP contribution is 2.45. The van der Waals surface area contributed by atoms with Crippen LogP contribution in [0.5, 0.6) is 0 Å². The van der Waals surface area contributed by atoms with Gasteiger partial charge in [0.1, 0.15) is 0 Å². The Hall–Kier alpha value is -3.36. The highest BCUT2D eigenvalue weighted by atomic mass is 31.1. The minimum atomic E-state index is -1.86. The first kappa shape index (κ1) is 26.2. The second-order valence-electron chi connectivity index (χ2n) is 9.07. The van der Waals surface area contributed by atoms with Crippen LogP contribution in [0, 0.1) is 34.6 Å². The molecule has 0 fully saturated rings. The van der Waals surface area contributed by atoms with Crippen molar-refractivity contribution in [2.75, 3.05) is 7.05 Å². The van der Waals surface area contributed by atoms with Crippen LogP contribution in [-0.4, -0.2) is 28.9 Å². The number of nitrogens with zero attached hydrogens (tertiary/aromatic N) is 1. The lowest BCUT2D eigenvalue weighted by Gasteiger charge is -2.23. The summed E-state index contributed by atoms with van der Waals surface area (Å²) < 4.78 is 0. The molecule has 3 rings (SSSR count). The third kappa shape index (κ3) is 5.66. The summed E-state index contributed by atoms with van der Waals surface area (Å²) in [5, 5.41) is 0.721. The molecule has 1 unspecified atom stereocenters. The van der Waals surface area contributed by atoms with Gasteiger partial charge in [0, 0.05) is 24.7 Å². The van der Waals surface area contributed by atoms with Crippen molar-refractivity contribution in [1.29, 1.82) is 0 Å². The summed E-state index contributed by atoms with van der Waals surface area (Å²) in [5.41, 5.74) is 6.16. The molecule has 0 aromatic heterocycles. The van der Waals surface area contributed by atoms with E-state index in [0.29, 0.717) is 11.1 Å². The van der Waals surface area contributed by atoms with Crippen molar-refractivity contribution in [3.63, 3.8) is 0 Å². The lowest BCUT2D eigenvalue weighted by molar-refractivity contribution is -0.125. The highest BCUT2D eigenvalue weighted by molar-refractivity contribution is 7.96. The van der Waals surface area contributed by atoms with E-state index in [1.54, 1.807) is 7.05 Å².